The Balaban J connectivity index is 1.65. The fraction of sp³-hybridized carbons (Fsp3) is 0.238. The molecule has 0 aliphatic carbocycles. The van der Waals surface area contributed by atoms with E-state index in [9.17, 15) is 13.2 Å². The number of thiazole rings is 1. The maximum atomic E-state index is 12.8. The van der Waals surface area contributed by atoms with E-state index in [1.165, 1.54) is 39.9 Å². The molecule has 2 aromatic carbocycles. The van der Waals surface area contributed by atoms with Gasteiger partial charge in [0.25, 0.3) is 5.91 Å². The number of allylic oxidation sites excluding steroid dienone is 1. The number of nitrogens with zero attached hydrogens (tertiary/aromatic N) is 3. The quantitative estimate of drug-likeness (QED) is 0.481. The molecule has 1 fully saturated rings. The average Bonchev–Trinajstić information content (AvgIpc) is 3.10. The Kier molecular flexibility index (Phi) is 6.54. The molecule has 3 aromatic rings. The molecule has 2 heterocycles. The second-order valence-corrected chi connectivity index (χ2v) is 10.7. The first-order valence-corrected chi connectivity index (χ1v) is 12.6. The number of fused-ring (bicyclic) bond motifs is 1. The lowest BCUT2D eigenvalue weighted by atomic mass is 10.2. The highest BCUT2D eigenvalue weighted by Gasteiger charge is 2.26. The van der Waals surface area contributed by atoms with Gasteiger partial charge in [0.05, 0.1) is 28.3 Å². The molecule has 1 aliphatic heterocycles. The van der Waals surface area contributed by atoms with Crippen molar-refractivity contribution in [3.05, 3.63) is 70.0 Å². The highest BCUT2D eigenvalue weighted by molar-refractivity contribution is 9.10. The Morgan fingerprint density at radius 3 is 2.58 bits per heavy atom. The van der Waals surface area contributed by atoms with Crippen LogP contribution in [0.1, 0.15) is 10.4 Å². The highest BCUT2D eigenvalue weighted by Crippen LogP contribution is 2.23. The molecular formula is C21H20BrN3O4S2. The molecule has 162 valence electrons. The van der Waals surface area contributed by atoms with Crippen molar-refractivity contribution in [3.8, 4) is 0 Å². The van der Waals surface area contributed by atoms with Gasteiger partial charge in [-0.2, -0.15) is 9.30 Å². The molecular weight excluding hydrogens is 502 g/mol. The van der Waals surface area contributed by atoms with Crippen LogP contribution in [0, 0.1) is 0 Å². The normalized spacial score (nSPS) is 16.0. The topological polar surface area (TPSA) is 81.0 Å². The lowest BCUT2D eigenvalue weighted by Gasteiger charge is -2.26. The van der Waals surface area contributed by atoms with Gasteiger partial charge < -0.3 is 9.30 Å². The molecule has 0 spiro atoms. The molecule has 1 amide bonds. The number of hydrogen-bond acceptors (Lipinski definition) is 5. The summed E-state index contributed by atoms with van der Waals surface area (Å²) < 4.78 is 36.0. The summed E-state index contributed by atoms with van der Waals surface area (Å²) in [5.41, 5.74) is 1.29. The summed E-state index contributed by atoms with van der Waals surface area (Å²) in [6, 6.07) is 11.8. The van der Waals surface area contributed by atoms with Gasteiger partial charge in [0.15, 0.2) is 4.80 Å². The molecule has 10 heteroatoms. The minimum absolute atomic E-state index is 0.152. The molecule has 31 heavy (non-hydrogen) atoms. The van der Waals surface area contributed by atoms with Crippen molar-refractivity contribution in [2.45, 2.75) is 11.4 Å². The van der Waals surface area contributed by atoms with Crippen LogP contribution < -0.4 is 4.80 Å². The summed E-state index contributed by atoms with van der Waals surface area (Å²) in [5, 5.41) is 0. The summed E-state index contributed by atoms with van der Waals surface area (Å²) in [4.78, 5) is 17.8. The van der Waals surface area contributed by atoms with Gasteiger partial charge in [-0.1, -0.05) is 33.3 Å². The van der Waals surface area contributed by atoms with Crippen molar-refractivity contribution in [2.75, 3.05) is 26.3 Å². The van der Waals surface area contributed by atoms with Gasteiger partial charge >= 0.3 is 0 Å². The van der Waals surface area contributed by atoms with Gasteiger partial charge in [-0.3, -0.25) is 4.79 Å². The van der Waals surface area contributed by atoms with Crippen molar-refractivity contribution in [3.63, 3.8) is 0 Å². The van der Waals surface area contributed by atoms with Crippen LogP contribution in [-0.4, -0.2) is 49.5 Å². The van der Waals surface area contributed by atoms with Crippen LogP contribution in [0.2, 0.25) is 0 Å². The molecule has 0 unspecified atom stereocenters. The fourth-order valence-corrected chi connectivity index (χ4v) is 6.29. The fourth-order valence-electron chi connectivity index (χ4n) is 3.29. The third kappa shape index (κ3) is 4.58. The minimum atomic E-state index is -3.61. The number of halogens is 1. The second kappa shape index (κ2) is 9.17. The first-order chi connectivity index (χ1) is 14.9. The largest absolute Gasteiger partial charge is 0.379 e. The predicted molar refractivity (Wildman–Crippen MR) is 124 cm³/mol. The number of aromatic nitrogens is 1. The van der Waals surface area contributed by atoms with Gasteiger partial charge in [-0.25, -0.2) is 8.42 Å². The molecule has 7 nitrogen and oxygen atoms in total. The zero-order chi connectivity index (χ0) is 22.0. The van der Waals surface area contributed by atoms with E-state index in [4.69, 9.17) is 4.74 Å². The summed E-state index contributed by atoms with van der Waals surface area (Å²) in [7, 11) is -3.61. The van der Waals surface area contributed by atoms with Crippen LogP contribution in [0.15, 0.2) is 69.5 Å². The maximum Gasteiger partial charge on any atom is 0.279 e. The smallest absolute Gasteiger partial charge is 0.279 e. The van der Waals surface area contributed by atoms with Crippen molar-refractivity contribution in [1.82, 2.24) is 8.87 Å². The number of morpholine rings is 1. The Bertz CT molecular complexity index is 1300. The van der Waals surface area contributed by atoms with E-state index in [1.807, 2.05) is 22.8 Å². The Labute approximate surface area is 192 Å². The van der Waals surface area contributed by atoms with Crippen LogP contribution >= 0.6 is 27.3 Å². The number of carbonyl (C=O) groups excluding carboxylic acids is 1. The summed E-state index contributed by atoms with van der Waals surface area (Å²) in [6.45, 7) is 5.71. The van der Waals surface area contributed by atoms with E-state index >= 15 is 0 Å². The zero-order valence-corrected chi connectivity index (χ0v) is 19.7. The minimum Gasteiger partial charge on any atom is -0.379 e. The Hall–Kier alpha value is -2.11. The van der Waals surface area contributed by atoms with Crippen LogP contribution in [0.25, 0.3) is 10.2 Å². The molecule has 0 atom stereocenters. The number of hydrogen-bond donors (Lipinski definition) is 0. The Morgan fingerprint density at radius 1 is 1.19 bits per heavy atom. The number of carbonyl (C=O) groups is 1. The van der Waals surface area contributed by atoms with Crippen molar-refractivity contribution in [1.29, 1.82) is 0 Å². The van der Waals surface area contributed by atoms with Gasteiger partial charge in [-0.05, 0) is 42.5 Å². The van der Waals surface area contributed by atoms with Gasteiger partial charge in [0.1, 0.15) is 0 Å². The number of benzene rings is 2. The van der Waals surface area contributed by atoms with Crippen molar-refractivity contribution >= 4 is 53.4 Å². The number of amides is 1. The molecule has 4 rings (SSSR count). The van der Waals surface area contributed by atoms with Crippen molar-refractivity contribution in [2.24, 2.45) is 4.99 Å². The van der Waals surface area contributed by atoms with E-state index in [2.05, 4.69) is 27.5 Å². The summed E-state index contributed by atoms with van der Waals surface area (Å²) in [5.74, 6) is -0.432. The average molecular weight is 522 g/mol. The summed E-state index contributed by atoms with van der Waals surface area (Å²) in [6.07, 6.45) is 1.75. The lowest BCUT2D eigenvalue weighted by molar-refractivity contribution is 0.0730. The standard InChI is InChI=1S/C21H20BrN3O4S2/c1-2-9-25-18-8-5-16(22)14-19(18)30-21(25)23-20(26)15-3-6-17(7-4-15)31(27,28)24-10-12-29-13-11-24/h2-8,14H,1,9-13H2. The van der Waals surface area contributed by atoms with Gasteiger partial charge in [-0.15, -0.1) is 6.58 Å². The molecule has 0 bridgehead atoms. The van der Waals surface area contributed by atoms with Crippen LogP contribution in [0.5, 0.6) is 0 Å². The first kappa shape index (κ1) is 22.1. The first-order valence-electron chi connectivity index (χ1n) is 9.57. The molecule has 0 N–H and O–H groups in total. The number of ether oxygens (including phenoxy) is 1. The van der Waals surface area contributed by atoms with Gasteiger partial charge in [0, 0.05) is 29.7 Å². The van der Waals surface area contributed by atoms with E-state index in [0.717, 1.165) is 14.7 Å². The van der Waals surface area contributed by atoms with Crippen LogP contribution in [-0.2, 0) is 21.3 Å². The molecule has 1 aromatic heterocycles. The lowest BCUT2D eigenvalue weighted by Crippen LogP contribution is -2.40. The molecule has 0 saturated carbocycles. The molecule has 1 saturated heterocycles. The third-order valence-corrected chi connectivity index (χ3v) is 8.31. The van der Waals surface area contributed by atoms with E-state index in [0.29, 0.717) is 43.2 Å². The summed E-state index contributed by atoms with van der Waals surface area (Å²) >= 11 is 4.87. The monoisotopic (exact) mass is 521 g/mol. The van der Waals surface area contributed by atoms with E-state index in [-0.39, 0.29) is 4.90 Å². The second-order valence-electron chi connectivity index (χ2n) is 6.85. The SMILES string of the molecule is C=CCn1c(=NC(=O)c2ccc(S(=O)(=O)N3CCOCC3)cc2)sc2cc(Br)ccc21. The highest BCUT2D eigenvalue weighted by atomic mass is 79.9. The zero-order valence-electron chi connectivity index (χ0n) is 16.5. The maximum absolute atomic E-state index is 12.8. The number of sulfonamides is 1. The molecule has 0 radical (unpaired) electrons. The van der Waals surface area contributed by atoms with Crippen LogP contribution in [0.4, 0.5) is 0 Å². The van der Waals surface area contributed by atoms with Gasteiger partial charge in [0.2, 0.25) is 10.0 Å². The number of rotatable bonds is 5. The third-order valence-electron chi connectivity index (χ3n) is 4.86. The molecule has 1 aliphatic rings. The van der Waals surface area contributed by atoms with Crippen molar-refractivity contribution < 1.29 is 17.9 Å². The van der Waals surface area contributed by atoms with E-state index < -0.39 is 15.9 Å². The van der Waals surface area contributed by atoms with E-state index in [1.54, 1.807) is 6.08 Å². The predicted octanol–water partition coefficient (Wildman–Crippen LogP) is 3.41. The van der Waals surface area contributed by atoms with Crippen LogP contribution in [0.3, 0.4) is 0 Å². The Morgan fingerprint density at radius 2 is 1.90 bits per heavy atom.